The molecule has 1 aromatic heterocycles. The molecular weight excluding hydrogens is 206 g/mol. The van der Waals surface area contributed by atoms with Crippen LogP contribution in [0.1, 0.15) is 17.7 Å². The highest BCUT2D eigenvalue weighted by atomic mass is 19.3. The Bertz CT molecular complexity index is 402. The molecule has 1 heterocycles. The van der Waals surface area contributed by atoms with Gasteiger partial charge in [0.2, 0.25) is 5.88 Å². The van der Waals surface area contributed by atoms with Crippen molar-refractivity contribution in [2.75, 3.05) is 14.2 Å². The van der Waals surface area contributed by atoms with E-state index in [1.165, 1.54) is 20.3 Å². The van der Waals surface area contributed by atoms with Crippen LogP contribution in [0.3, 0.4) is 0 Å². The first-order valence-corrected chi connectivity index (χ1v) is 3.95. The molecule has 15 heavy (non-hydrogen) atoms. The fourth-order valence-corrected chi connectivity index (χ4v) is 1.08. The zero-order chi connectivity index (χ0) is 11.4. The van der Waals surface area contributed by atoms with Crippen LogP contribution < -0.4 is 9.47 Å². The van der Waals surface area contributed by atoms with Crippen LogP contribution in [0.5, 0.6) is 11.6 Å². The van der Waals surface area contributed by atoms with Crippen LogP contribution in [-0.2, 0) is 0 Å². The lowest BCUT2D eigenvalue weighted by Crippen LogP contribution is -2.01. The van der Waals surface area contributed by atoms with Crippen LogP contribution in [0.25, 0.3) is 0 Å². The molecule has 4 nitrogen and oxygen atoms in total. The molecule has 0 N–H and O–H groups in total. The monoisotopic (exact) mass is 214 g/mol. The van der Waals surface area contributed by atoms with Crippen molar-refractivity contribution in [3.8, 4) is 17.7 Å². The van der Waals surface area contributed by atoms with Crippen LogP contribution in [0.2, 0.25) is 0 Å². The zero-order valence-corrected chi connectivity index (χ0v) is 8.12. The number of rotatable bonds is 3. The molecule has 1 rings (SSSR count). The molecule has 80 valence electrons. The van der Waals surface area contributed by atoms with E-state index < -0.39 is 12.1 Å². The normalized spacial score (nSPS) is 9.87. The number of pyridine rings is 1. The Labute approximate surface area is 85.1 Å². The number of methoxy groups -OCH3 is 2. The van der Waals surface area contributed by atoms with Crippen LogP contribution in [0, 0.1) is 11.3 Å². The highest BCUT2D eigenvalue weighted by Gasteiger charge is 2.21. The third kappa shape index (κ3) is 2.13. The number of hydrogen-bond donors (Lipinski definition) is 0. The van der Waals surface area contributed by atoms with Crippen LogP contribution in [-0.4, -0.2) is 19.2 Å². The maximum Gasteiger partial charge on any atom is 0.284 e. The highest BCUT2D eigenvalue weighted by Crippen LogP contribution is 2.32. The first-order valence-electron chi connectivity index (χ1n) is 3.95. The summed E-state index contributed by atoms with van der Waals surface area (Å²) in [6.07, 6.45) is -2.82. The molecule has 0 aliphatic rings. The predicted molar refractivity (Wildman–Crippen MR) is 47.0 cm³/mol. The standard InChI is InChI=1S/C9H8F2N2O2/c1-14-6-3-5(4-12)8(15-2)7(13-6)9(10)11/h3,9H,1-2H3. The summed E-state index contributed by atoms with van der Waals surface area (Å²) in [6.45, 7) is 0. The third-order valence-electron chi connectivity index (χ3n) is 1.72. The van der Waals surface area contributed by atoms with Gasteiger partial charge in [-0.15, -0.1) is 0 Å². The van der Waals surface area contributed by atoms with Crippen LogP contribution in [0.15, 0.2) is 6.07 Å². The van der Waals surface area contributed by atoms with E-state index in [4.69, 9.17) is 14.7 Å². The van der Waals surface area contributed by atoms with Gasteiger partial charge in [0.15, 0.2) is 11.4 Å². The van der Waals surface area contributed by atoms with E-state index >= 15 is 0 Å². The fraction of sp³-hybridized carbons (Fsp3) is 0.333. The summed E-state index contributed by atoms with van der Waals surface area (Å²) in [7, 11) is 2.49. The van der Waals surface area contributed by atoms with Crippen LogP contribution >= 0.6 is 0 Å². The van der Waals surface area contributed by atoms with Crippen molar-refractivity contribution in [3.63, 3.8) is 0 Å². The number of hydrogen-bond acceptors (Lipinski definition) is 4. The summed E-state index contributed by atoms with van der Waals surface area (Å²) >= 11 is 0. The Balaban J connectivity index is 3.41. The SMILES string of the molecule is COc1cc(C#N)c(OC)c(C(F)F)n1. The Morgan fingerprint density at radius 2 is 2.07 bits per heavy atom. The van der Waals surface area contributed by atoms with E-state index in [9.17, 15) is 8.78 Å². The van der Waals surface area contributed by atoms with Crippen molar-refractivity contribution < 1.29 is 18.3 Å². The molecule has 0 aliphatic heterocycles. The lowest BCUT2D eigenvalue weighted by Gasteiger charge is -2.09. The summed E-state index contributed by atoms with van der Waals surface area (Å²) < 4.78 is 34.5. The van der Waals surface area contributed by atoms with Gasteiger partial charge in [0.1, 0.15) is 11.6 Å². The predicted octanol–water partition coefficient (Wildman–Crippen LogP) is 1.91. The first-order chi connectivity index (χ1) is 7.13. The van der Waals surface area contributed by atoms with Gasteiger partial charge in [-0.3, -0.25) is 0 Å². The average Bonchev–Trinajstić information content (AvgIpc) is 2.26. The van der Waals surface area contributed by atoms with Crippen LogP contribution in [0.4, 0.5) is 8.78 Å². The fourth-order valence-electron chi connectivity index (χ4n) is 1.08. The molecule has 0 aromatic carbocycles. The van der Waals surface area contributed by atoms with Gasteiger partial charge in [-0.25, -0.2) is 13.8 Å². The number of halogens is 2. The molecule has 0 radical (unpaired) electrons. The topological polar surface area (TPSA) is 55.1 Å². The van der Waals surface area contributed by atoms with Crippen molar-refractivity contribution in [2.45, 2.75) is 6.43 Å². The number of aromatic nitrogens is 1. The Morgan fingerprint density at radius 1 is 1.40 bits per heavy atom. The second kappa shape index (κ2) is 4.55. The first kappa shape index (κ1) is 11.2. The van der Waals surface area contributed by atoms with E-state index in [2.05, 4.69) is 4.98 Å². The Morgan fingerprint density at radius 3 is 2.47 bits per heavy atom. The van der Waals surface area contributed by atoms with E-state index in [-0.39, 0.29) is 17.2 Å². The lowest BCUT2D eigenvalue weighted by molar-refractivity contribution is 0.140. The highest BCUT2D eigenvalue weighted by molar-refractivity contribution is 5.48. The number of alkyl halides is 2. The maximum absolute atomic E-state index is 12.5. The zero-order valence-electron chi connectivity index (χ0n) is 8.12. The molecule has 0 bridgehead atoms. The van der Waals surface area contributed by atoms with Gasteiger partial charge >= 0.3 is 0 Å². The summed E-state index contributed by atoms with van der Waals surface area (Å²) in [4.78, 5) is 3.52. The molecule has 0 saturated carbocycles. The number of nitriles is 1. The molecular formula is C9H8F2N2O2. The van der Waals surface area contributed by atoms with Gasteiger partial charge in [0.05, 0.1) is 14.2 Å². The van der Waals surface area contributed by atoms with Gasteiger partial charge in [-0.05, 0) is 0 Å². The van der Waals surface area contributed by atoms with E-state index in [0.717, 1.165) is 0 Å². The molecule has 0 spiro atoms. The molecule has 0 amide bonds. The quantitative estimate of drug-likeness (QED) is 0.771. The molecule has 0 fully saturated rings. The van der Waals surface area contributed by atoms with Gasteiger partial charge in [0, 0.05) is 6.07 Å². The second-order valence-electron chi connectivity index (χ2n) is 2.54. The summed E-state index contributed by atoms with van der Waals surface area (Å²) in [6, 6.07) is 2.98. The molecule has 0 unspecified atom stereocenters. The van der Waals surface area contributed by atoms with Crippen molar-refractivity contribution in [1.29, 1.82) is 5.26 Å². The Hall–Kier alpha value is -1.90. The maximum atomic E-state index is 12.5. The summed E-state index contributed by atoms with van der Waals surface area (Å²) in [5, 5.41) is 8.72. The Kier molecular flexibility index (Phi) is 3.39. The summed E-state index contributed by atoms with van der Waals surface area (Å²) in [5.41, 5.74) is -0.618. The van der Waals surface area contributed by atoms with E-state index in [0.29, 0.717) is 0 Å². The van der Waals surface area contributed by atoms with Gasteiger partial charge in [-0.1, -0.05) is 0 Å². The smallest absolute Gasteiger partial charge is 0.284 e. The molecule has 0 atom stereocenters. The summed E-state index contributed by atoms with van der Waals surface area (Å²) in [5.74, 6) is -0.254. The van der Waals surface area contributed by atoms with Crippen molar-refractivity contribution in [2.24, 2.45) is 0 Å². The minimum absolute atomic E-state index is 0.0281. The molecule has 0 saturated heterocycles. The van der Waals surface area contributed by atoms with Gasteiger partial charge < -0.3 is 9.47 Å². The van der Waals surface area contributed by atoms with Crippen molar-refractivity contribution in [3.05, 3.63) is 17.3 Å². The lowest BCUT2D eigenvalue weighted by atomic mass is 10.2. The van der Waals surface area contributed by atoms with Crippen molar-refractivity contribution in [1.82, 2.24) is 4.98 Å². The average molecular weight is 214 g/mol. The van der Waals surface area contributed by atoms with E-state index in [1.807, 2.05) is 0 Å². The van der Waals surface area contributed by atoms with Gasteiger partial charge in [0.25, 0.3) is 6.43 Å². The van der Waals surface area contributed by atoms with Gasteiger partial charge in [-0.2, -0.15) is 5.26 Å². The molecule has 1 aromatic rings. The van der Waals surface area contributed by atoms with E-state index in [1.54, 1.807) is 6.07 Å². The number of ether oxygens (including phenoxy) is 2. The number of nitrogens with zero attached hydrogens (tertiary/aromatic N) is 2. The third-order valence-corrected chi connectivity index (χ3v) is 1.72. The van der Waals surface area contributed by atoms with Crippen molar-refractivity contribution >= 4 is 0 Å². The minimum Gasteiger partial charge on any atom is -0.493 e. The second-order valence-corrected chi connectivity index (χ2v) is 2.54. The molecule has 6 heteroatoms. The largest absolute Gasteiger partial charge is 0.493 e. The molecule has 0 aliphatic carbocycles. The minimum atomic E-state index is -2.82.